The van der Waals surface area contributed by atoms with Crippen molar-refractivity contribution in [2.24, 2.45) is 4.99 Å². The zero-order valence-corrected chi connectivity index (χ0v) is 12.7. The van der Waals surface area contributed by atoms with Crippen LogP contribution in [0.15, 0.2) is 41.5 Å². The van der Waals surface area contributed by atoms with Gasteiger partial charge in [-0.1, -0.05) is 19.1 Å². The number of hydrogen-bond donors (Lipinski definition) is 1. The molecule has 1 aliphatic rings. The van der Waals surface area contributed by atoms with Gasteiger partial charge in [-0.2, -0.15) is 13.2 Å². The minimum absolute atomic E-state index is 0.247. The number of rotatable bonds is 4. The highest BCUT2D eigenvalue weighted by Gasteiger charge is 2.30. The van der Waals surface area contributed by atoms with Crippen molar-refractivity contribution in [1.29, 1.82) is 0 Å². The van der Waals surface area contributed by atoms with Crippen molar-refractivity contribution in [3.63, 3.8) is 0 Å². The number of halogens is 3. The van der Waals surface area contributed by atoms with Crippen LogP contribution >= 0.6 is 0 Å². The van der Waals surface area contributed by atoms with Crippen molar-refractivity contribution in [2.45, 2.75) is 32.5 Å². The molecule has 0 radical (unpaired) electrons. The van der Waals surface area contributed by atoms with Crippen molar-refractivity contribution in [3.05, 3.63) is 47.7 Å². The molecule has 1 aromatic carbocycles. The molecule has 0 saturated carbocycles. The molecular formula is C16H20F3N3. The first-order valence-corrected chi connectivity index (χ1v) is 7.30. The summed E-state index contributed by atoms with van der Waals surface area (Å²) in [6.45, 7) is 5.43. The maximum atomic E-state index is 12.7. The number of hydrogen-bond acceptors (Lipinski definition) is 3. The molecule has 0 spiro atoms. The van der Waals surface area contributed by atoms with E-state index in [0.29, 0.717) is 18.1 Å². The zero-order valence-electron chi connectivity index (χ0n) is 12.7. The predicted molar refractivity (Wildman–Crippen MR) is 81.4 cm³/mol. The Labute approximate surface area is 128 Å². The third kappa shape index (κ3) is 4.26. The summed E-state index contributed by atoms with van der Waals surface area (Å²) >= 11 is 0. The molecule has 1 aromatic rings. The number of amidine groups is 1. The lowest BCUT2D eigenvalue weighted by atomic mass is 10.0. The molecule has 0 saturated heterocycles. The van der Waals surface area contributed by atoms with E-state index >= 15 is 0 Å². The van der Waals surface area contributed by atoms with Crippen molar-refractivity contribution < 1.29 is 13.2 Å². The lowest BCUT2D eigenvalue weighted by molar-refractivity contribution is -0.137. The molecule has 0 amide bonds. The van der Waals surface area contributed by atoms with Gasteiger partial charge in [0.15, 0.2) is 0 Å². The number of nitrogens with one attached hydrogen (secondary N) is 1. The van der Waals surface area contributed by atoms with Gasteiger partial charge in [-0.25, -0.2) is 4.99 Å². The fourth-order valence-electron chi connectivity index (χ4n) is 2.26. The fraction of sp³-hybridized carbons (Fsp3) is 0.438. The van der Waals surface area contributed by atoms with Crippen molar-refractivity contribution in [2.75, 3.05) is 13.2 Å². The largest absolute Gasteiger partial charge is 0.416 e. The van der Waals surface area contributed by atoms with Crippen LogP contribution in [0, 0.1) is 0 Å². The first-order chi connectivity index (χ1) is 10.4. The molecule has 3 nitrogen and oxygen atoms in total. The van der Waals surface area contributed by atoms with Gasteiger partial charge in [0.1, 0.15) is 12.5 Å². The van der Waals surface area contributed by atoms with Crippen LogP contribution in [-0.2, 0) is 6.18 Å². The molecule has 1 heterocycles. The molecule has 0 aliphatic carbocycles. The molecule has 1 aliphatic heterocycles. The van der Waals surface area contributed by atoms with Gasteiger partial charge >= 0.3 is 6.18 Å². The maximum absolute atomic E-state index is 12.7. The third-order valence-electron chi connectivity index (χ3n) is 3.46. The topological polar surface area (TPSA) is 27.6 Å². The molecule has 1 atom stereocenters. The van der Waals surface area contributed by atoms with Gasteiger partial charge in [0.05, 0.1) is 5.56 Å². The summed E-state index contributed by atoms with van der Waals surface area (Å²) in [4.78, 5) is 6.47. The van der Waals surface area contributed by atoms with Gasteiger partial charge in [0.25, 0.3) is 0 Å². The van der Waals surface area contributed by atoms with E-state index < -0.39 is 11.7 Å². The van der Waals surface area contributed by atoms with E-state index in [9.17, 15) is 13.2 Å². The molecule has 6 heteroatoms. The fourth-order valence-corrected chi connectivity index (χ4v) is 2.26. The SMILES string of the molecule is CCCN1C=CC(N[C@@H](C)c2cccc(C(F)(F)F)c2)=NC1. The molecule has 120 valence electrons. The number of benzene rings is 1. The monoisotopic (exact) mass is 311 g/mol. The Morgan fingerprint density at radius 1 is 1.36 bits per heavy atom. The second-order valence-electron chi connectivity index (χ2n) is 5.30. The van der Waals surface area contributed by atoms with Crippen LogP contribution in [0.3, 0.4) is 0 Å². The Balaban J connectivity index is 2.02. The van der Waals surface area contributed by atoms with E-state index in [1.807, 2.05) is 19.2 Å². The Bertz CT molecular complexity index is 564. The first kappa shape index (κ1) is 16.4. The van der Waals surface area contributed by atoms with Crippen molar-refractivity contribution in [1.82, 2.24) is 10.2 Å². The maximum Gasteiger partial charge on any atom is 0.416 e. The van der Waals surface area contributed by atoms with Crippen molar-refractivity contribution >= 4 is 5.84 Å². The zero-order chi connectivity index (χ0) is 16.2. The normalized spacial score (nSPS) is 16.4. The number of alkyl halides is 3. The number of aliphatic imine (C=N–C) groups is 1. The summed E-state index contributed by atoms with van der Waals surface area (Å²) < 4.78 is 38.2. The van der Waals surface area contributed by atoms with E-state index in [2.05, 4.69) is 22.1 Å². The van der Waals surface area contributed by atoms with Crippen molar-refractivity contribution in [3.8, 4) is 0 Å². The van der Waals surface area contributed by atoms with Crippen LogP contribution in [0.1, 0.15) is 37.4 Å². The standard InChI is InChI=1S/C16H20F3N3/c1-3-8-22-9-7-15(20-11-22)21-12(2)13-5-4-6-14(10-13)16(17,18)19/h4-7,9-10,12H,3,8,11H2,1-2H3,(H,20,21)/t12-/m0/s1. The van der Waals surface area contributed by atoms with E-state index in [1.165, 1.54) is 12.1 Å². The van der Waals surface area contributed by atoms with Crippen LogP contribution in [0.25, 0.3) is 0 Å². The lowest BCUT2D eigenvalue weighted by Gasteiger charge is -2.23. The lowest BCUT2D eigenvalue weighted by Crippen LogP contribution is -2.31. The highest BCUT2D eigenvalue weighted by Crippen LogP contribution is 2.30. The minimum atomic E-state index is -4.32. The molecule has 0 bridgehead atoms. The van der Waals surface area contributed by atoms with E-state index in [0.717, 1.165) is 19.0 Å². The molecule has 0 fully saturated rings. The summed E-state index contributed by atoms with van der Waals surface area (Å²) in [5, 5.41) is 3.15. The molecule has 2 rings (SSSR count). The Kier molecular flexibility index (Phi) is 5.11. The molecule has 22 heavy (non-hydrogen) atoms. The highest BCUT2D eigenvalue weighted by atomic mass is 19.4. The number of nitrogens with zero attached hydrogens (tertiary/aromatic N) is 2. The smallest absolute Gasteiger partial charge is 0.364 e. The van der Waals surface area contributed by atoms with Crippen LogP contribution in [-0.4, -0.2) is 23.9 Å². The van der Waals surface area contributed by atoms with Gasteiger partial charge in [-0.05, 0) is 37.1 Å². The molecule has 0 unspecified atom stereocenters. The highest BCUT2D eigenvalue weighted by molar-refractivity contribution is 5.93. The van der Waals surface area contributed by atoms with E-state index in [-0.39, 0.29) is 6.04 Å². The summed E-state index contributed by atoms with van der Waals surface area (Å²) in [6.07, 6.45) is 0.531. The second kappa shape index (κ2) is 6.85. The molecule has 1 N–H and O–H groups in total. The Morgan fingerprint density at radius 3 is 2.73 bits per heavy atom. The summed E-state index contributed by atoms with van der Waals surface area (Å²) in [6, 6.07) is 5.12. The van der Waals surface area contributed by atoms with Crippen LogP contribution in [0.5, 0.6) is 0 Å². The van der Waals surface area contributed by atoms with Gasteiger partial charge in [0, 0.05) is 18.8 Å². The van der Waals surface area contributed by atoms with Gasteiger partial charge in [-0.3, -0.25) is 0 Å². The van der Waals surface area contributed by atoms with Crippen LogP contribution in [0.4, 0.5) is 13.2 Å². The summed E-state index contributed by atoms with van der Waals surface area (Å²) in [5.41, 5.74) is -0.0455. The van der Waals surface area contributed by atoms with Gasteiger partial charge in [-0.15, -0.1) is 0 Å². The Morgan fingerprint density at radius 2 is 2.14 bits per heavy atom. The van der Waals surface area contributed by atoms with Crippen LogP contribution < -0.4 is 5.32 Å². The van der Waals surface area contributed by atoms with Gasteiger partial charge in [0.2, 0.25) is 0 Å². The predicted octanol–water partition coefficient (Wildman–Crippen LogP) is 3.95. The molecule has 0 aromatic heterocycles. The average molecular weight is 311 g/mol. The molecular weight excluding hydrogens is 291 g/mol. The quantitative estimate of drug-likeness (QED) is 0.911. The average Bonchev–Trinajstić information content (AvgIpc) is 2.49. The van der Waals surface area contributed by atoms with Crippen LogP contribution in [0.2, 0.25) is 0 Å². The first-order valence-electron chi connectivity index (χ1n) is 7.30. The van der Waals surface area contributed by atoms with E-state index in [4.69, 9.17) is 0 Å². The second-order valence-corrected chi connectivity index (χ2v) is 5.30. The minimum Gasteiger partial charge on any atom is -0.364 e. The summed E-state index contributed by atoms with van der Waals surface area (Å²) in [5.74, 6) is 0.692. The van der Waals surface area contributed by atoms with E-state index in [1.54, 1.807) is 6.07 Å². The van der Waals surface area contributed by atoms with Gasteiger partial charge < -0.3 is 10.2 Å². The summed E-state index contributed by atoms with van der Waals surface area (Å²) in [7, 11) is 0. The Hall–Kier alpha value is -1.98. The third-order valence-corrected chi connectivity index (χ3v) is 3.46.